The molecule has 112 valence electrons. The fraction of sp³-hybridized carbons (Fsp3) is 0.250. The Labute approximate surface area is 133 Å². The van der Waals surface area contributed by atoms with E-state index in [4.69, 9.17) is 21.1 Å². The van der Waals surface area contributed by atoms with Gasteiger partial charge in [-0.05, 0) is 48.5 Å². The minimum Gasteiger partial charge on any atom is -0.497 e. The van der Waals surface area contributed by atoms with Crippen molar-refractivity contribution >= 4 is 23.4 Å². The Morgan fingerprint density at radius 2 is 1.67 bits per heavy atom. The zero-order chi connectivity index (χ0) is 15.1. The molecular weight excluding hydrogens is 308 g/mol. The average molecular weight is 325 g/mol. The van der Waals surface area contributed by atoms with Gasteiger partial charge in [-0.3, -0.25) is 0 Å². The summed E-state index contributed by atoms with van der Waals surface area (Å²) in [4.78, 5) is 1.07. The van der Waals surface area contributed by atoms with Crippen LogP contribution in [-0.4, -0.2) is 30.7 Å². The number of halogens is 1. The summed E-state index contributed by atoms with van der Waals surface area (Å²) in [6, 6.07) is 14.8. The van der Waals surface area contributed by atoms with Gasteiger partial charge in [-0.2, -0.15) is 0 Å². The van der Waals surface area contributed by atoms with Crippen molar-refractivity contribution in [3.8, 4) is 11.5 Å². The lowest BCUT2D eigenvalue weighted by Gasteiger charge is -2.12. The molecule has 2 aromatic rings. The number of hydrogen-bond acceptors (Lipinski definition) is 4. The van der Waals surface area contributed by atoms with Gasteiger partial charge in [0.1, 0.15) is 18.1 Å². The molecule has 0 saturated carbocycles. The molecule has 0 aliphatic carbocycles. The maximum Gasteiger partial charge on any atom is 0.119 e. The topological polar surface area (TPSA) is 38.7 Å². The van der Waals surface area contributed by atoms with Gasteiger partial charge in [0.25, 0.3) is 0 Å². The summed E-state index contributed by atoms with van der Waals surface area (Å²) in [6.07, 6.45) is -0.534. The number of rotatable bonds is 7. The molecule has 0 bridgehead atoms. The molecule has 0 aliphatic heterocycles. The lowest BCUT2D eigenvalue weighted by atomic mass is 10.3. The van der Waals surface area contributed by atoms with Crippen LogP contribution in [0.25, 0.3) is 0 Å². The molecule has 2 aromatic carbocycles. The summed E-state index contributed by atoms with van der Waals surface area (Å²) < 4.78 is 10.6. The SMILES string of the molecule is COc1ccc(OCC(O)CSc2ccc(Cl)cc2)cc1. The van der Waals surface area contributed by atoms with Crippen molar-refractivity contribution in [3.63, 3.8) is 0 Å². The monoisotopic (exact) mass is 324 g/mol. The zero-order valence-corrected chi connectivity index (χ0v) is 13.2. The second-order valence-electron chi connectivity index (χ2n) is 4.41. The third-order valence-corrected chi connectivity index (χ3v) is 4.17. The molecule has 1 atom stereocenters. The number of hydrogen-bond donors (Lipinski definition) is 1. The molecule has 2 rings (SSSR count). The standard InChI is InChI=1S/C16H17ClO3S/c1-19-14-4-6-15(7-5-14)20-10-13(18)11-21-16-8-2-12(17)3-9-16/h2-9,13,18H,10-11H2,1H3. The van der Waals surface area contributed by atoms with Crippen LogP contribution in [0.2, 0.25) is 5.02 Å². The molecule has 0 aliphatic rings. The van der Waals surface area contributed by atoms with E-state index in [1.807, 2.05) is 48.5 Å². The molecule has 0 fully saturated rings. The van der Waals surface area contributed by atoms with Gasteiger partial charge < -0.3 is 14.6 Å². The van der Waals surface area contributed by atoms with Crippen LogP contribution in [0.1, 0.15) is 0 Å². The van der Waals surface area contributed by atoms with Crippen molar-refractivity contribution in [2.75, 3.05) is 19.5 Å². The summed E-state index contributed by atoms with van der Waals surface area (Å²) >= 11 is 7.40. The maximum atomic E-state index is 9.93. The van der Waals surface area contributed by atoms with E-state index in [0.29, 0.717) is 16.5 Å². The molecule has 0 saturated heterocycles. The van der Waals surface area contributed by atoms with Crippen molar-refractivity contribution in [1.82, 2.24) is 0 Å². The number of thioether (sulfide) groups is 1. The highest BCUT2D eigenvalue weighted by atomic mass is 35.5. The fourth-order valence-corrected chi connectivity index (χ4v) is 2.57. The molecule has 1 unspecified atom stereocenters. The molecule has 1 N–H and O–H groups in total. The van der Waals surface area contributed by atoms with Crippen LogP contribution in [0.15, 0.2) is 53.4 Å². The quantitative estimate of drug-likeness (QED) is 0.784. The highest BCUT2D eigenvalue weighted by molar-refractivity contribution is 7.99. The van der Waals surface area contributed by atoms with E-state index in [9.17, 15) is 5.11 Å². The minimum absolute atomic E-state index is 0.257. The van der Waals surface area contributed by atoms with Crippen LogP contribution < -0.4 is 9.47 Å². The normalized spacial score (nSPS) is 12.0. The summed E-state index contributed by atoms with van der Waals surface area (Å²) in [7, 11) is 1.62. The lowest BCUT2D eigenvalue weighted by molar-refractivity contribution is 0.126. The van der Waals surface area contributed by atoms with Crippen LogP contribution >= 0.6 is 23.4 Å². The highest BCUT2D eigenvalue weighted by Crippen LogP contribution is 2.22. The molecule has 3 nitrogen and oxygen atoms in total. The van der Waals surface area contributed by atoms with Gasteiger partial charge in [-0.1, -0.05) is 11.6 Å². The van der Waals surface area contributed by atoms with Gasteiger partial charge in [0.05, 0.1) is 13.2 Å². The van der Waals surface area contributed by atoms with Gasteiger partial charge in [-0.25, -0.2) is 0 Å². The second kappa shape index (κ2) is 8.17. The first kappa shape index (κ1) is 16.0. The molecule has 0 aromatic heterocycles. The van der Waals surface area contributed by atoms with Gasteiger partial charge in [0.15, 0.2) is 0 Å². The number of aliphatic hydroxyl groups excluding tert-OH is 1. The van der Waals surface area contributed by atoms with E-state index in [1.54, 1.807) is 18.9 Å². The van der Waals surface area contributed by atoms with Crippen molar-refractivity contribution < 1.29 is 14.6 Å². The number of aliphatic hydroxyl groups is 1. The van der Waals surface area contributed by atoms with E-state index in [-0.39, 0.29) is 6.61 Å². The Morgan fingerprint density at radius 3 is 2.29 bits per heavy atom. The van der Waals surface area contributed by atoms with Crippen LogP contribution in [0.3, 0.4) is 0 Å². The molecular formula is C16H17ClO3S. The predicted octanol–water partition coefficient (Wildman–Crippen LogP) is 3.88. The third-order valence-electron chi connectivity index (χ3n) is 2.76. The van der Waals surface area contributed by atoms with Crippen molar-refractivity contribution in [3.05, 3.63) is 53.6 Å². The summed E-state index contributed by atoms with van der Waals surface area (Å²) in [5, 5.41) is 10.6. The van der Waals surface area contributed by atoms with Crippen LogP contribution in [0.4, 0.5) is 0 Å². The first-order valence-corrected chi connectivity index (χ1v) is 7.87. The Morgan fingerprint density at radius 1 is 1.05 bits per heavy atom. The highest BCUT2D eigenvalue weighted by Gasteiger charge is 2.06. The first-order chi connectivity index (χ1) is 10.2. The average Bonchev–Trinajstić information content (AvgIpc) is 2.53. The third kappa shape index (κ3) is 5.50. The fourth-order valence-electron chi connectivity index (χ4n) is 1.64. The van der Waals surface area contributed by atoms with Crippen molar-refractivity contribution in [2.24, 2.45) is 0 Å². The Bertz CT molecular complexity index is 542. The molecule has 21 heavy (non-hydrogen) atoms. The van der Waals surface area contributed by atoms with E-state index < -0.39 is 6.10 Å². The van der Waals surface area contributed by atoms with E-state index in [2.05, 4.69) is 0 Å². The van der Waals surface area contributed by atoms with E-state index in [1.165, 1.54) is 0 Å². The predicted molar refractivity (Wildman–Crippen MR) is 86.7 cm³/mol. The van der Waals surface area contributed by atoms with E-state index >= 15 is 0 Å². The Hall–Kier alpha value is -1.36. The maximum absolute atomic E-state index is 9.93. The Balaban J connectivity index is 1.73. The van der Waals surface area contributed by atoms with Gasteiger partial charge in [-0.15, -0.1) is 11.8 Å². The molecule has 0 radical (unpaired) electrons. The lowest BCUT2D eigenvalue weighted by Crippen LogP contribution is -2.19. The molecule has 0 heterocycles. The first-order valence-electron chi connectivity index (χ1n) is 6.50. The smallest absolute Gasteiger partial charge is 0.119 e. The van der Waals surface area contributed by atoms with Crippen LogP contribution in [-0.2, 0) is 0 Å². The number of ether oxygens (including phenoxy) is 2. The molecule has 0 amide bonds. The van der Waals surface area contributed by atoms with Crippen molar-refractivity contribution in [2.45, 2.75) is 11.0 Å². The van der Waals surface area contributed by atoms with Gasteiger partial charge in [0, 0.05) is 15.7 Å². The second-order valence-corrected chi connectivity index (χ2v) is 5.94. The van der Waals surface area contributed by atoms with Gasteiger partial charge >= 0.3 is 0 Å². The summed E-state index contributed by atoms with van der Waals surface area (Å²) in [5.41, 5.74) is 0. The molecule has 5 heteroatoms. The van der Waals surface area contributed by atoms with Gasteiger partial charge in [0.2, 0.25) is 0 Å². The summed E-state index contributed by atoms with van der Waals surface area (Å²) in [6.45, 7) is 0.257. The largest absolute Gasteiger partial charge is 0.497 e. The Kier molecular flexibility index (Phi) is 6.23. The summed E-state index contributed by atoms with van der Waals surface area (Å²) in [5.74, 6) is 2.06. The van der Waals surface area contributed by atoms with Crippen LogP contribution in [0.5, 0.6) is 11.5 Å². The number of benzene rings is 2. The van der Waals surface area contributed by atoms with E-state index in [0.717, 1.165) is 10.6 Å². The number of methoxy groups -OCH3 is 1. The van der Waals surface area contributed by atoms with Crippen LogP contribution in [0, 0.1) is 0 Å². The van der Waals surface area contributed by atoms with Crippen molar-refractivity contribution in [1.29, 1.82) is 0 Å². The molecule has 0 spiro atoms. The minimum atomic E-state index is -0.534. The zero-order valence-electron chi connectivity index (χ0n) is 11.7.